The number of carbonyl (C=O) groups is 1. The van der Waals surface area contributed by atoms with Gasteiger partial charge in [-0.15, -0.1) is 0 Å². The van der Waals surface area contributed by atoms with Crippen molar-refractivity contribution in [3.63, 3.8) is 0 Å². The molecule has 0 fully saturated rings. The van der Waals surface area contributed by atoms with Crippen molar-refractivity contribution in [3.8, 4) is 5.75 Å². The van der Waals surface area contributed by atoms with E-state index < -0.39 is 6.29 Å². The third kappa shape index (κ3) is 14.9. The van der Waals surface area contributed by atoms with Gasteiger partial charge in [-0.1, -0.05) is 120 Å². The molecule has 0 radical (unpaired) electrons. The Bertz CT molecular complexity index is 865. The molecule has 0 aromatic heterocycles. The van der Waals surface area contributed by atoms with Gasteiger partial charge >= 0.3 is 5.97 Å². The number of ether oxygens (including phenoxy) is 2. The fourth-order valence-corrected chi connectivity index (χ4v) is 4.87. The molecule has 0 heterocycles. The van der Waals surface area contributed by atoms with E-state index in [4.69, 9.17) is 9.47 Å². The number of likely N-dealkylation sites (N-methyl/N-ethyl adjacent to an activating group) is 1. The first-order valence-corrected chi connectivity index (χ1v) is 14.7. The van der Waals surface area contributed by atoms with E-state index in [1.54, 1.807) is 6.92 Å². The second kappa shape index (κ2) is 18.0. The van der Waals surface area contributed by atoms with Crippen molar-refractivity contribution in [2.24, 2.45) is 0 Å². The Morgan fingerprint density at radius 3 is 1.95 bits per heavy atom. The number of esters is 1. The van der Waals surface area contributed by atoms with Gasteiger partial charge in [-0.25, -0.2) is 4.79 Å². The van der Waals surface area contributed by atoms with Crippen molar-refractivity contribution in [3.05, 3.63) is 65.7 Å². The fraction of sp³-hybridized carbons (Fsp3) is 0.606. The summed E-state index contributed by atoms with van der Waals surface area (Å²) in [6, 6.07) is 18.4. The van der Waals surface area contributed by atoms with Crippen LogP contribution >= 0.6 is 0 Å². The Morgan fingerprint density at radius 1 is 0.757 bits per heavy atom. The molecular weight excluding hydrogens is 458 g/mol. The Kier molecular flexibility index (Phi) is 15.0. The van der Waals surface area contributed by atoms with Gasteiger partial charge < -0.3 is 14.0 Å². The smallest absolute Gasteiger partial charge is 0.364 e. The number of unbranched alkanes of at least 4 members (excludes halogenated alkanes) is 11. The van der Waals surface area contributed by atoms with Crippen LogP contribution in [0.2, 0.25) is 0 Å². The van der Waals surface area contributed by atoms with Crippen molar-refractivity contribution in [1.29, 1.82) is 0 Å². The second-order valence-corrected chi connectivity index (χ2v) is 11.2. The minimum absolute atomic E-state index is 0.249. The van der Waals surface area contributed by atoms with E-state index in [2.05, 4.69) is 31.2 Å². The largest absolute Gasteiger partial charge is 0.455 e. The summed E-state index contributed by atoms with van der Waals surface area (Å²) in [5.74, 6) is 0.510. The SMILES string of the molecule is CCCCCCCCCCCCCCc1cccc(OC(C)OC(=O)C[N+](C)(C)Cc2ccccc2)c1. The molecule has 2 aromatic carbocycles. The Hall–Kier alpha value is -2.33. The highest BCUT2D eigenvalue weighted by atomic mass is 16.7. The van der Waals surface area contributed by atoms with E-state index in [0.717, 1.165) is 18.7 Å². The van der Waals surface area contributed by atoms with Crippen LogP contribution in [0.1, 0.15) is 102 Å². The quantitative estimate of drug-likeness (QED) is 0.0775. The molecular formula is C33H52NO3+. The summed E-state index contributed by atoms with van der Waals surface area (Å²) >= 11 is 0. The van der Waals surface area contributed by atoms with E-state index in [9.17, 15) is 4.79 Å². The summed E-state index contributed by atoms with van der Waals surface area (Å²) in [5.41, 5.74) is 2.48. The maximum atomic E-state index is 12.5. The van der Waals surface area contributed by atoms with Crippen molar-refractivity contribution in [2.45, 2.75) is 110 Å². The van der Waals surface area contributed by atoms with Crippen LogP contribution in [0.4, 0.5) is 0 Å². The first-order chi connectivity index (χ1) is 17.9. The normalized spacial score (nSPS) is 12.3. The van der Waals surface area contributed by atoms with E-state index in [1.807, 2.05) is 44.4 Å². The van der Waals surface area contributed by atoms with E-state index >= 15 is 0 Å². The lowest BCUT2D eigenvalue weighted by atomic mass is 10.0. The van der Waals surface area contributed by atoms with Crippen LogP contribution in [0.25, 0.3) is 0 Å². The number of hydrogen-bond donors (Lipinski definition) is 0. The molecule has 0 spiro atoms. The highest BCUT2D eigenvalue weighted by Gasteiger charge is 2.23. The van der Waals surface area contributed by atoms with Gasteiger partial charge in [0, 0.05) is 12.5 Å². The summed E-state index contributed by atoms with van der Waals surface area (Å²) < 4.78 is 12.0. The molecule has 0 saturated heterocycles. The van der Waals surface area contributed by atoms with Gasteiger partial charge in [0.05, 0.1) is 14.1 Å². The van der Waals surface area contributed by atoms with Crippen molar-refractivity contribution in [1.82, 2.24) is 0 Å². The van der Waals surface area contributed by atoms with Gasteiger partial charge in [-0.3, -0.25) is 0 Å². The molecule has 4 heteroatoms. The van der Waals surface area contributed by atoms with Crippen LogP contribution in [0.5, 0.6) is 5.75 Å². The lowest BCUT2D eigenvalue weighted by molar-refractivity contribution is -0.896. The molecule has 2 aromatic rings. The number of hydrogen-bond acceptors (Lipinski definition) is 3. The summed E-state index contributed by atoms with van der Waals surface area (Å²) in [6.07, 6.45) is 16.8. The lowest BCUT2D eigenvalue weighted by Gasteiger charge is -2.29. The number of carbonyl (C=O) groups excluding carboxylic acids is 1. The molecule has 0 N–H and O–H groups in total. The maximum absolute atomic E-state index is 12.5. The van der Waals surface area contributed by atoms with Crippen LogP contribution < -0.4 is 4.74 Å². The minimum atomic E-state index is -0.619. The summed E-state index contributed by atoms with van der Waals surface area (Å²) in [7, 11) is 4.08. The van der Waals surface area contributed by atoms with E-state index in [0.29, 0.717) is 11.0 Å². The molecule has 206 valence electrons. The van der Waals surface area contributed by atoms with Crippen LogP contribution in [-0.2, 0) is 22.5 Å². The molecule has 2 rings (SSSR count). The van der Waals surface area contributed by atoms with Crippen LogP contribution in [0.3, 0.4) is 0 Å². The predicted molar refractivity (Wildman–Crippen MR) is 155 cm³/mol. The van der Waals surface area contributed by atoms with Gasteiger partial charge in [-0.2, -0.15) is 0 Å². The van der Waals surface area contributed by atoms with Crippen molar-refractivity contribution < 1.29 is 18.8 Å². The lowest BCUT2D eigenvalue weighted by Crippen LogP contribution is -2.44. The first-order valence-electron chi connectivity index (χ1n) is 14.7. The van der Waals surface area contributed by atoms with Crippen LogP contribution in [0, 0.1) is 0 Å². The molecule has 0 saturated carbocycles. The predicted octanol–water partition coefficient (Wildman–Crippen LogP) is 8.47. The maximum Gasteiger partial charge on any atom is 0.364 e. The van der Waals surface area contributed by atoms with E-state index in [1.165, 1.54) is 88.2 Å². The van der Waals surface area contributed by atoms with Crippen molar-refractivity contribution >= 4 is 5.97 Å². The summed E-state index contributed by atoms with van der Waals surface area (Å²) in [4.78, 5) is 12.5. The second-order valence-electron chi connectivity index (χ2n) is 11.2. The zero-order valence-electron chi connectivity index (χ0n) is 24.1. The van der Waals surface area contributed by atoms with Gasteiger partial charge in [0.15, 0.2) is 6.54 Å². The number of nitrogens with zero attached hydrogens (tertiary/aromatic N) is 1. The molecule has 0 bridgehead atoms. The zero-order valence-corrected chi connectivity index (χ0v) is 24.1. The van der Waals surface area contributed by atoms with Gasteiger partial charge in [0.1, 0.15) is 12.3 Å². The third-order valence-electron chi connectivity index (χ3n) is 6.83. The Morgan fingerprint density at radius 2 is 1.32 bits per heavy atom. The van der Waals surface area contributed by atoms with Gasteiger partial charge in [0.25, 0.3) is 0 Å². The summed E-state index contributed by atoms with van der Waals surface area (Å²) in [5, 5.41) is 0. The first kappa shape index (κ1) is 30.9. The molecule has 0 aliphatic rings. The van der Waals surface area contributed by atoms with Crippen molar-refractivity contribution in [2.75, 3.05) is 20.6 Å². The van der Waals surface area contributed by atoms with E-state index in [-0.39, 0.29) is 5.97 Å². The minimum Gasteiger partial charge on any atom is -0.455 e. The molecule has 1 atom stereocenters. The van der Waals surface area contributed by atoms with Gasteiger partial charge in [-0.05, 0) is 30.5 Å². The highest BCUT2D eigenvalue weighted by Crippen LogP contribution is 2.19. The zero-order chi connectivity index (χ0) is 26.8. The Labute approximate surface area is 227 Å². The molecule has 37 heavy (non-hydrogen) atoms. The number of aryl methyl sites for hydroxylation is 1. The standard InChI is InChI=1S/C33H52NO3/c1-5-6-7-8-9-10-11-12-13-14-15-17-21-30-24-20-25-32(26-30)36-29(2)37-33(35)28-34(3,4)27-31-22-18-16-19-23-31/h16,18-20,22-26,29H,5-15,17,21,27-28H2,1-4H3/q+1. The third-order valence-corrected chi connectivity index (χ3v) is 6.83. The molecule has 0 aliphatic heterocycles. The molecule has 4 nitrogen and oxygen atoms in total. The molecule has 0 amide bonds. The molecule has 1 unspecified atom stereocenters. The summed E-state index contributed by atoms with van der Waals surface area (Å²) in [6.45, 7) is 5.13. The topological polar surface area (TPSA) is 35.5 Å². The molecule has 0 aliphatic carbocycles. The number of benzene rings is 2. The van der Waals surface area contributed by atoms with Crippen LogP contribution in [-0.4, -0.2) is 37.4 Å². The monoisotopic (exact) mass is 510 g/mol. The fourth-order valence-electron chi connectivity index (χ4n) is 4.87. The van der Waals surface area contributed by atoms with Gasteiger partial charge in [0.2, 0.25) is 6.29 Å². The number of quaternary nitrogens is 1. The highest BCUT2D eigenvalue weighted by molar-refractivity contribution is 5.70. The number of rotatable bonds is 20. The van der Waals surface area contributed by atoms with Crippen LogP contribution in [0.15, 0.2) is 54.6 Å². The average Bonchev–Trinajstić information content (AvgIpc) is 2.84. The Balaban J connectivity index is 1.60. The average molecular weight is 511 g/mol.